The summed E-state index contributed by atoms with van der Waals surface area (Å²) in [5, 5.41) is 0.782. The standard InChI is InChI=1S/C27H25O3P/c1-27(2,21-13-17-24(18-14-21)29-23-9-5-3-6-10-23)22-15-19-26(20-16-22)31(28)30-25-11-7-4-8-12-25/h3-20,28H,1-2H3. The van der Waals surface area contributed by atoms with Crippen molar-refractivity contribution in [3.63, 3.8) is 0 Å². The van der Waals surface area contributed by atoms with Crippen LogP contribution in [0.5, 0.6) is 17.2 Å². The van der Waals surface area contributed by atoms with E-state index in [4.69, 9.17) is 9.26 Å². The van der Waals surface area contributed by atoms with Crippen LogP contribution >= 0.6 is 8.38 Å². The predicted molar refractivity (Wildman–Crippen MR) is 127 cm³/mol. The van der Waals surface area contributed by atoms with E-state index in [9.17, 15) is 4.89 Å². The quantitative estimate of drug-likeness (QED) is 0.329. The molecule has 3 nitrogen and oxygen atoms in total. The van der Waals surface area contributed by atoms with Crippen molar-refractivity contribution in [2.24, 2.45) is 0 Å². The van der Waals surface area contributed by atoms with Crippen LogP contribution in [0, 0.1) is 0 Å². The van der Waals surface area contributed by atoms with Gasteiger partial charge in [-0.15, -0.1) is 0 Å². The Labute approximate surface area is 184 Å². The van der Waals surface area contributed by atoms with E-state index < -0.39 is 8.38 Å². The minimum absolute atomic E-state index is 0.192. The Morgan fingerprint density at radius 3 is 1.58 bits per heavy atom. The highest BCUT2D eigenvalue weighted by atomic mass is 31.2. The first-order valence-corrected chi connectivity index (χ1v) is 11.4. The average Bonchev–Trinajstić information content (AvgIpc) is 2.81. The van der Waals surface area contributed by atoms with Gasteiger partial charge in [-0.2, -0.15) is 0 Å². The Bertz CT molecular complexity index is 1090. The Morgan fingerprint density at radius 1 is 0.581 bits per heavy atom. The molecule has 0 aromatic heterocycles. The summed E-state index contributed by atoms with van der Waals surface area (Å²) in [4.78, 5) is 10.5. The molecule has 1 N–H and O–H groups in total. The normalized spacial score (nSPS) is 12.2. The van der Waals surface area contributed by atoms with E-state index in [1.54, 1.807) is 0 Å². The van der Waals surface area contributed by atoms with Crippen LogP contribution < -0.4 is 14.6 Å². The van der Waals surface area contributed by atoms with Gasteiger partial charge >= 0.3 is 0 Å². The average molecular weight is 428 g/mol. The SMILES string of the molecule is CC(C)(c1ccc(Oc2ccccc2)cc1)c1ccc(P(O)Oc2ccccc2)cc1. The Kier molecular flexibility index (Phi) is 6.36. The van der Waals surface area contributed by atoms with Gasteiger partial charge in [0.1, 0.15) is 17.2 Å². The van der Waals surface area contributed by atoms with Gasteiger partial charge in [0.25, 0.3) is 8.38 Å². The molecule has 0 aliphatic carbocycles. The van der Waals surface area contributed by atoms with E-state index in [1.807, 2.05) is 84.9 Å². The smallest absolute Gasteiger partial charge is 0.262 e. The van der Waals surface area contributed by atoms with Crippen LogP contribution in [0.1, 0.15) is 25.0 Å². The molecule has 0 amide bonds. The van der Waals surface area contributed by atoms with Gasteiger partial charge in [0.2, 0.25) is 0 Å². The lowest BCUT2D eigenvalue weighted by Gasteiger charge is -2.26. The van der Waals surface area contributed by atoms with Gasteiger partial charge in [0.15, 0.2) is 0 Å². The molecular weight excluding hydrogens is 403 g/mol. The molecular formula is C27H25O3P. The molecule has 4 aromatic rings. The zero-order valence-corrected chi connectivity index (χ0v) is 18.5. The summed E-state index contributed by atoms with van der Waals surface area (Å²) in [6, 6.07) is 35.4. The van der Waals surface area contributed by atoms with Crippen LogP contribution in [0.2, 0.25) is 0 Å². The van der Waals surface area contributed by atoms with Crippen molar-refractivity contribution < 1.29 is 14.2 Å². The van der Waals surface area contributed by atoms with Gasteiger partial charge in [0, 0.05) is 10.7 Å². The van der Waals surface area contributed by atoms with E-state index in [0.29, 0.717) is 5.75 Å². The third-order valence-electron chi connectivity index (χ3n) is 5.30. The molecule has 31 heavy (non-hydrogen) atoms. The van der Waals surface area contributed by atoms with E-state index in [1.165, 1.54) is 5.56 Å². The molecule has 0 saturated heterocycles. The van der Waals surface area contributed by atoms with Gasteiger partial charge in [-0.25, -0.2) is 0 Å². The molecule has 0 saturated carbocycles. The number of ether oxygens (including phenoxy) is 1. The minimum Gasteiger partial charge on any atom is -0.457 e. The number of hydrogen-bond donors (Lipinski definition) is 1. The lowest BCUT2D eigenvalue weighted by molar-refractivity contribution is 0.482. The lowest BCUT2D eigenvalue weighted by atomic mass is 9.78. The van der Waals surface area contributed by atoms with Gasteiger partial charge in [0.05, 0.1) is 0 Å². The zero-order chi connectivity index (χ0) is 21.7. The van der Waals surface area contributed by atoms with E-state index in [0.717, 1.165) is 22.4 Å². The molecule has 156 valence electrons. The van der Waals surface area contributed by atoms with Crippen molar-refractivity contribution in [3.05, 3.63) is 120 Å². The van der Waals surface area contributed by atoms with Crippen LogP contribution in [-0.2, 0) is 5.41 Å². The summed E-state index contributed by atoms with van der Waals surface area (Å²) in [5.74, 6) is 2.30. The fourth-order valence-corrected chi connectivity index (χ4v) is 4.20. The number of benzene rings is 4. The Hall–Kier alpha value is -3.13. The van der Waals surface area contributed by atoms with Crippen LogP contribution in [0.3, 0.4) is 0 Å². The molecule has 1 unspecified atom stereocenters. The molecule has 0 radical (unpaired) electrons. The molecule has 4 aromatic carbocycles. The van der Waals surface area contributed by atoms with E-state index in [2.05, 4.69) is 38.1 Å². The van der Waals surface area contributed by atoms with Gasteiger partial charge < -0.3 is 14.2 Å². The highest BCUT2D eigenvalue weighted by Crippen LogP contribution is 2.36. The molecule has 0 spiro atoms. The highest BCUT2D eigenvalue weighted by molar-refractivity contribution is 7.55. The minimum atomic E-state index is -1.70. The first-order valence-electron chi connectivity index (χ1n) is 10.2. The lowest BCUT2D eigenvalue weighted by Crippen LogP contribution is -2.19. The van der Waals surface area contributed by atoms with Crippen molar-refractivity contribution in [2.45, 2.75) is 19.3 Å². The number of para-hydroxylation sites is 2. The second-order valence-corrected chi connectivity index (χ2v) is 9.03. The van der Waals surface area contributed by atoms with Crippen molar-refractivity contribution in [3.8, 4) is 17.2 Å². The molecule has 0 fully saturated rings. The second-order valence-electron chi connectivity index (χ2n) is 7.79. The highest BCUT2D eigenvalue weighted by Gasteiger charge is 2.24. The summed E-state index contributed by atoms with van der Waals surface area (Å²) >= 11 is 0. The molecule has 1 atom stereocenters. The van der Waals surface area contributed by atoms with Crippen molar-refractivity contribution in [2.75, 3.05) is 0 Å². The van der Waals surface area contributed by atoms with E-state index in [-0.39, 0.29) is 5.41 Å². The maximum absolute atomic E-state index is 10.5. The van der Waals surface area contributed by atoms with Crippen LogP contribution in [0.15, 0.2) is 109 Å². The van der Waals surface area contributed by atoms with Crippen molar-refractivity contribution in [1.82, 2.24) is 0 Å². The molecule has 0 heterocycles. The first-order chi connectivity index (χ1) is 15.0. The van der Waals surface area contributed by atoms with Gasteiger partial charge in [-0.1, -0.05) is 74.5 Å². The van der Waals surface area contributed by atoms with Crippen LogP contribution in [0.4, 0.5) is 0 Å². The van der Waals surface area contributed by atoms with Gasteiger partial charge in [-0.05, 0) is 59.7 Å². The topological polar surface area (TPSA) is 38.7 Å². The van der Waals surface area contributed by atoms with Crippen molar-refractivity contribution in [1.29, 1.82) is 0 Å². The summed E-state index contributed by atoms with van der Waals surface area (Å²) in [7, 11) is -1.70. The fourth-order valence-electron chi connectivity index (χ4n) is 3.37. The first kappa shape index (κ1) is 21.1. The maximum Gasteiger partial charge on any atom is 0.262 e. The van der Waals surface area contributed by atoms with E-state index >= 15 is 0 Å². The molecule has 0 bridgehead atoms. The largest absolute Gasteiger partial charge is 0.457 e. The molecule has 0 aliphatic rings. The fraction of sp³-hybridized carbons (Fsp3) is 0.111. The zero-order valence-electron chi connectivity index (χ0n) is 17.6. The Balaban J connectivity index is 1.46. The predicted octanol–water partition coefficient (Wildman–Crippen LogP) is 6.81. The van der Waals surface area contributed by atoms with Crippen LogP contribution in [-0.4, -0.2) is 4.89 Å². The van der Waals surface area contributed by atoms with Crippen molar-refractivity contribution >= 4 is 13.7 Å². The third kappa shape index (κ3) is 5.14. The summed E-state index contributed by atoms with van der Waals surface area (Å²) in [6.07, 6.45) is 0. The molecule has 0 aliphatic heterocycles. The summed E-state index contributed by atoms with van der Waals surface area (Å²) in [6.45, 7) is 4.38. The molecule has 4 rings (SSSR count). The van der Waals surface area contributed by atoms with Crippen LogP contribution in [0.25, 0.3) is 0 Å². The summed E-state index contributed by atoms with van der Waals surface area (Å²) in [5.41, 5.74) is 2.16. The Morgan fingerprint density at radius 2 is 1.03 bits per heavy atom. The summed E-state index contributed by atoms with van der Waals surface area (Å²) < 4.78 is 11.6. The third-order valence-corrected chi connectivity index (χ3v) is 6.42. The number of rotatable bonds is 7. The monoisotopic (exact) mass is 428 g/mol. The molecule has 4 heteroatoms. The maximum atomic E-state index is 10.5. The number of hydrogen-bond acceptors (Lipinski definition) is 3. The van der Waals surface area contributed by atoms with Gasteiger partial charge in [-0.3, -0.25) is 0 Å². The second kappa shape index (κ2) is 9.34.